The fourth-order valence-electron chi connectivity index (χ4n) is 3.14. The highest BCUT2D eigenvalue weighted by Gasteiger charge is 2.30. The van der Waals surface area contributed by atoms with Crippen molar-refractivity contribution in [1.82, 2.24) is 20.1 Å². The Morgan fingerprint density at radius 1 is 1.35 bits per heavy atom. The molecule has 1 fully saturated rings. The van der Waals surface area contributed by atoms with Gasteiger partial charge in [-0.25, -0.2) is 9.67 Å². The van der Waals surface area contributed by atoms with Crippen molar-refractivity contribution in [3.63, 3.8) is 0 Å². The van der Waals surface area contributed by atoms with Crippen LogP contribution in [0.5, 0.6) is 0 Å². The van der Waals surface area contributed by atoms with Crippen molar-refractivity contribution in [3.8, 4) is 0 Å². The number of hydrogen-bond donors (Lipinski definition) is 3. The number of hydrogen-bond acceptors (Lipinski definition) is 7. The van der Waals surface area contributed by atoms with E-state index in [4.69, 9.17) is 4.11 Å². The third-order valence-corrected chi connectivity index (χ3v) is 6.20. The molecule has 1 aliphatic rings. The van der Waals surface area contributed by atoms with Gasteiger partial charge in [-0.2, -0.15) is 5.10 Å². The lowest BCUT2D eigenvalue weighted by Gasteiger charge is -2.14. The Balaban J connectivity index is 1.75. The first-order valence-electron chi connectivity index (χ1n) is 11.5. The second-order valence-electron chi connectivity index (χ2n) is 7.50. The Morgan fingerprint density at radius 3 is 2.87 bits per heavy atom. The van der Waals surface area contributed by atoms with Gasteiger partial charge in [0.15, 0.2) is 0 Å². The van der Waals surface area contributed by atoms with Gasteiger partial charge in [-0.1, -0.05) is 6.92 Å². The van der Waals surface area contributed by atoms with Crippen LogP contribution in [0.15, 0.2) is 28.6 Å². The second-order valence-corrected chi connectivity index (χ2v) is 8.41. The molecule has 3 aromatic heterocycles. The standard InChI is InChI=1S/C21H24N6O3S/c1-4-11(2)27-21(30)18-15(10-31-16(18)9-24-27)25-14-7-17(26-19(28)12-5-6-12)23-8-13(14)20(29)22-3/h7-12H,4-6H2,1-3H3,(H,22,29)(H2,23,25,26,28)/i3D3. The Labute approximate surface area is 187 Å². The summed E-state index contributed by atoms with van der Waals surface area (Å²) in [5.74, 6) is -0.873. The molecule has 31 heavy (non-hydrogen) atoms. The molecule has 3 heterocycles. The van der Waals surface area contributed by atoms with Crippen LogP contribution in [0.4, 0.5) is 17.2 Å². The number of aromatic nitrogens is 3. The van der Waals surface area contributed by atoms with Crippen molar-refractivity contribution in [1.29, 1.82) is 0 Å². The second kappa shape index (κ2) is 8.46. The first-order valence-corrected chi connectivity index (χ1v) is 10.8. The SMILES string of the molecule is [2H]C([2H])([2H])NC(=O)c1cnc(NC(=O)C2CC2)cc1Nc1csc2cnn(C(C)CC)c(=O)c12. The van der Waals surface area contributed by atoms with E-state index in [1.165, 1.54) is 28.3 Å². The van der Waals surface area contributed by atoms with E-state index in [-0.39, 0.29) is 40.5 Å². The number of carbonyl (C=O) groups excluding carboxylic acids is 2. The van der Waals surface area contributed by atoms with Gasteiger partial charge in [-0.3, -0.25) is 14.4 Å². The van der Waals surface area contributed by atoms with E-state index in [0.717, 1.165) is 19.3 Å². The monoisotopic (exact) mass is 443 g/mol. The number of fused-ring (bicyclic) bond motifs is 1. The quantitative estimate of drug-likeness (QED) is 0.516. The molecule has 0 aliphatic heterocycles. The molecule has 10 heteroatoms. The molecule has 0 bridgehead atoms. The summed E-state index contributed by atoms with van der Waals surface area (Å²) in [4.78, 5) is 42.1. The maximum absolute atomic E-state index is 13.1. The summed E-state index contributed by atoms with van der Waals surface area (Å²) < 4.78 is 24.1. The van der Waals surface area contributed by atoms with E-state index in [1.54, 1.807) is 11.6 Å². The van der Waals surface area contributed by atoms with Crippen LogP contribution < -0.4 is 21.5 Å². The molecule has 0 spiro atoms. The van der Waals surface area contributed by atoms with E-state index in [0.29, 0.717) is 15.8 Å². The van der Waals surface area contributed by atoms with Crippen LogP contribution in [0.3, 0.4) is 0 Å². The summed E-state index contributed by atoms with van der Waals surface area (Å²) in [6, 6.07) is 1.35. The Hall–Kier alpha value is -3.27. The molecule has 0 aromatic carbocycles. The fraction of sp³-hybridized carbons (Fsp3) is 0.381. The van der Waals surface area contributed by atoms with Crippen LogP contribution in [0.2, 0.25) is 0 Å². The Bertz CT molecular complexity index is 1320. The number of nitrogens with one attached hydrogen (secondary N) is 3. The van der Waals surface area contributed by atoms with Gasteiger partial charge in [-0.05, 0) is 26.2 Å². The number of pyridine rings is 1. The first kappa shape index (κ1) is 17.4. The molecular formula is C21H24N6O3S. The Morgan fingerprint density at radius 2 is 2.16 bits per heavy atom. The molecule has 1 aliphatic carbocycles. The van der Waals surface area contributed by atoms with Crippen molar-refractivity contribution < 1.29 is 13.7 Å². The van der Waals surface area contributed by atoms with E-state index in [9.17, 15) is 14.4 Å². The minimum absolute atomic E-state index is 0.0452. The lowest BCUT2D eigenvalue weighted by Crippen LogP contribution is -2.25. The van der Waals surface area contributed by atoms with Crippen molar-refractivity contribution >= 4 is 50.4 Å². The fourth-order valence-corrected chi connectivity index (χ4v) is 3.99. The van der Waals surface area contributed by atoms with Gasteiger partial charge >= 0.3 is 0 Å². The summed E-state index contributed by atoms with van der Waals surface area (Å²) in [6.45, 7) is 1.16. The molecule has 3 N–H and O–H groups in total. The van der Waals surface area contributed by atoms with Gasteiger partial charge in [0, 0.05) is 34.6 Å². The third-order valence-electron chi connectivity index (χ3n) is 5.28. The van der Waals surface area contributed by atoms with Crippen LogP contribution in [-0.4, -0.2) is 33.6 Å². The molecule has 3 aromatic rings. The molecule has 1 atom stereocenters. The number of thiophene rings is 1. The van der Waals surface area contributed by atoms with E-state index >= 15 is 0 Å². The molecule has 4 rings (SSSR count). The molecule has 162 valence electrons. The Kier molecular flexibility index (Phi) is 4.75. The molecule has 0 saturated heterocycles. The van der Waals surface area contributed by atoms with Crippen LogP contribution in [0.25, 0.3) is 10.1 Å². The highest BCUT2D eigenvalue weighted by Crippen LogP contribution is 2.33. The predicted molar refractivity (Wildman–Crippen MR) is 121 cm³/mol. The third kappa shape index (κ3) is 4.15. The summed E-state index contributed by atoms with van der Waals surface area (Å²) in [7, 11) is 0. The number of nitrogens with zero attached hydrogens (tertiary/aromatic N) is 3. The van der Waals surface area contributed by atoms with Crippen molar-refractivity contribution in [2.45, 2.75) is 39.2 Å². The van der Waals surface area contributed by atoms with Gasteiger partial charge in [0.1, 0.15) is 5.82 Å². The number of carbonyl (C=O) groups is 2. The van der Waals surface area contributed by atoms with Crippen LogP contribution >= 0.6 is 11.3 Å². The lowest BCUT2D eigenvalue weighted by molar-refractivity contribution is -0.117. The van der Waals surface area contributed by atoms with Crippen LogP contribution in [0, 0.1) is 5.92 Å². The highest BCUT2D eigenvalue weighted by atomic mass is 32.1. The van der Waals surface area contributed by atoms with Crippen LogP contribution in [-0.2, 0) is 4.79 Å². The van der Waals surface area contributed by atoms with Gasteiger partial charge in [-0.15, -0.1) is 11.3 Å². The smallest absolute Gasteiger partial charge is 0.277 e. The zero-order chi connectivity index (χ0) is 24.6. The minimum Gasteiger partial charge on any atom is -0.355 e. The number of rotatable bonds is 7. The van der Waals surface area contributed by atoms with Crippen molar-refractivity contribution in [3.05, 3.63) is 39.8 Å². The minimum atomic E-state index is -2.70. The molecule has 9 nitrogen and oxygen atoms in total. The molecule has 0 radical (unpaired) electrons. The average molecular weight is 444 g/mol. The molecule has 2 amide bonds. The maximum Gasteiger partial charge on any atom is 0.277 e. The summed E-state index contributed by atoms with van der Waals surface area (Å²) in [5.41, 5.74) is 0.323. The normalized spacial score (nSPS) is 16.1. The zero-order valence-electron chi connectivity index (χ0n) is 20.1. The average Bonchev–Trinajstić information content (AvgIpc) is 3.54. The topological polar surface area (TPSA) is 118 Å². The lowest BCUT2D eigenvalue weighted by atomic mass is 10.2. The predicted octanol–water partition coefficient (Wildman–Crippen LogP) is 3.28. The van der Waals surface area contributed by atoms with Gasteiger partial charge in [0.25, 0.3) is 11.5 Å². The summed E-state index contributed by atoms with van der Waals surface area (Å²) in [6.07, 6.45) is 5.16. The van der Waals surface area contributed by atoms with Crippen molar-refractivity contribution in [2.75, 3.05) is 17.6 Å². The largest absolute Gasteiger partial charge is 0.355 e. The van der Waals surface area contributed by atoms with E-state index in [2.05, 4.69) is 20.7 Å². The number of amides is 2. The van der Waals surface area contributed by atoms with Gasteiger partial charge in [0.05, 0.1) is 39.3 Å². The zero-order valence-corrected chi connectivity index (χ0v) is 17.9. The summed E-state index contributed by atoms with van der Waals surface area (Å²) in [5, 5.41) is 14.1. The first-order chi connectivity index (χ1) is 16.1. The highest BCUT2D eigenvalue weighted by molar-refractivity contribution is 7.17. The summed E-state index contributed by atoms with van der Waals surface area (Å²) >= 11 is 1.31. The molecular weight excluding hydrogens is 416 g/mol. The van der Waals surface area contributed by atoms with Crippen molar-refractivity contribution in [2.24, 2.45) is 5.92 Å². The van der Waals surface area contributed by atoms with Crippen LogP contribution in [0.1, 0.15) is 53.6 Å². The maximum atomic E-state index is 13.1. The van der Waals surface area contributed by atoms with Gasteiger partial charge in [0.2, 0.25) is 5.91 Å². The number of anilines is 3. The van der Waals surface area contributed by atoms with Gasteiger partial charge < -0.3 is 16.0 Å². The van der Waals surface area contributed by atoms with E-state index in [1.807, 2.05) is 19.2 Å². The van der Waals surface area contributed by atoms with E-state index < -0.39 is 12.9 Å². The molecule has 1 unspecified atom stereocenters. The molecule has 1 saturated carbocycles.